The molecule has 1 aliphatic heterocycles. The van der Waals surface area contributed by atoms with Crippen molar-refractivity contribution < 1.29 is 18.3 Å². The number of amides is 1. The van der Waals surface area contributed by atoms with E-state index in [9.17, 15) is 13.6 Å². The predicted molar refractivity (Wildman–Crippen MR) is 79.3 cm³/mol. The van der Waals surface area contributed by atoms with Gasteiger partial charge in [0.05, 0.1) is 6.04 Å². The van der Waals surface area contributed by atoms with Crippen LogP contribution in [0.4, 0.5) is 8.78 Å². The second kappa shape index (κ2) is 7.65. The number of nitrogens with two attached hydrogens (primary N) is 1. The summed E-state index contributed by atoms with van der Waals surface area (Å²) in [7, 11) is 0. The number of nitrogens with one attached hydrogen (secondary N) is 1. The minimum Gasteiger partial charge on any atom is -0.381 e. The first-order valence-electron chi connectivity index (χ1n) is 7.55. The standard InChI is InChI=1S/C16H22F2N2O2/c1-10(13-3-2-12(17)8-14(13)18)9-20-16(21)15(19)11-4-6-22-7-5-11/h2-3,8,10-11,15H,4-7,9,19H2,1H3,(H,20,21). The lowest BCUT2D eigenvalue weighted by atomic mass is 9.91. The third-order valence-corrected chi connectivity index (χ3v) is 4.15. The van der Waals surface area contributed by atoms with Gasteiger partial charge in [-0.3, -0.25) is 4.79 Å². The van der Waals surface area contributed by atoms with Crippen molar-refractivity contribution in [3.63, 3.8) is 0 Å². The molecule has 2 unspecified atom stereocenters. The quantitative estimate of drug-likeness (QED) is 0.873. The highest BCUT2D eigenvalue weighted by molar-refractivity contribution is 5.81. The molecule has 1 aromatic carbocycles. The average molecular weight is 312 g/mol. The maximum Gasteiger partial charge on any atom is 0.237 e. The van der Waals surface area contributed by atoms with E-state index in [4.69, 9.17) is 10.5 Å². The SMILES string of the molecule is CC(CNC(=O)C(N)C1CCOCC1)c1ccc(F)cc1F. The molecule has 1 amide bonds. The Labute approximate surface area is 129 Å². The van der Waals surface area contributed by atoms with Crippen LogP contribution in [-0.2, 0) is 9.53 Å². The van der Waals surface area contributed by atoms with Gasteiger partial charge in [-0.25, -0.2) is 8.78 Å². The van der Waals surface area contributed by atoms with Gasteiger partial charge in [-0.1, -0.05) is 13.0 Å². The van der Waals surface area contributed by atoms with Crippen molar-refractivity contribution in [1.29, 1.82) is 0 Å². The molecule has 3 N–H and O–H groups in total. The number of carbonyl (C=O) groups is 1. The van der Waals surface area contributed by atoms with Crippen LogP contribution in [0.25, 0.3) is 0 Å². The largest absolute Gasteiger partial charge is 0.381 e. The van der Waals surface area contributed by atoms with E-state index in [0.717, 1.165) is 18.9 Å². The Bertz CT molecular complexity index is 519. The number of benzene rings is 1. The van der Waals surface area contributed by atoms with E-state index in [0.29, 0.717) is 18.8 Å². The molecule has 6 heteroatoms. The van der Waals surface area contributed by atoms with Crippen molar-refractivity contribution in [2.24, 2.45) is 11.7 Å². The van der Waals surface area contributed by atoms with Gasteiger partial charge in [0.15, 0.2) is 0 Å². The molecule has 0 aliphatic carbocycles. The summed E-state index contributed by atoms with van der Waals surface area (Å²) in [6.07, 6.45) is 1.55. The van der Waals surface area contributed by atoms with E-state index < -0.39 is 17.7 Å². The van der Waals surface area contributed by atoms with Crippen LogP contribution in [0.1, 0.15) is 31.2 Å². The van der Waals surface area contributed by atoms with E-state index >= 15 is 0 Å². The monoisotopic (exact) mass is 312 g/mol. The molecular weight excluding hydrogens is 290 g/mol. The average Bonchev–Trinajstić information content (AvgIpc) is 2.52. The van der Waals surface area contributed by atoms with Crippen molar-refractivity contribution in [2.45, 2.75) is 31.7 Å². The van der Waals surface area contributed by atoms with E-state index in [1.165, 1.54) is 12.1 Å². The number of halogens is 2. The van der Waals surface area contributed by atoms with Crippen molar-refractivity contribution in [1.82, 2.24) is 5.32 Å². The molecule has 1 fully saturated rings. The van der Waals surface area contributed by atoms with Crippen LogP contribution >= 0.6 is 0 Å². The smallest absolute Gasteiger partial charge is 0.237 e. The molecule has 0 bridgehead atoms. The zero-order valence-corrected chi connectivity index (χ0v) is 12.6. The lowest BCUT2D eigenvalue weighted by Gasteiger charge is -2.27. The number of hydrogen-bond acceptors (Lipinski definition) is 3. The number of rotatable bonds is 5. The van der Waals surface area contributed by atoms with Crippen molar-refractivity contribution in [3.8, 4) is 0 Å². The Morgan fingerprint density at radius 2 is 2.09 bits per heavy atom. The molecule has 1 heterocycles. The summed E-state index contributed by atoms with van der Waals surface area (Å²) in [5.41, 5.74) is 6.35. The van der Waals surface area contributed by atoms with Gasteiger partial charge in [0.2, 0.25) is 5.91 Å². The van der Waals surface area contributed by atoms with E-state index in [1.807, 2.05) is 0 Å². The zero-order valence-electron chi connectivity index (χ0n) is 12.6. The van der Waals surface area contributed by atoms with Crippen LogP contribution < -0.4 is 11.1 Å². The first kappa shape index (κ1) is 16.8. The van der Waals surface area contributed by atoms with Gasteiger partial charge in [-0.2, -0.15) is 0 Å². The summed E-state index contributed by atoms with van der Waals surface area (Å²) in [6.45, 7) is 3.29. The molecule has 1 aliphatic rings. The fourth-order valence-corrected chi connectivity index (χ4v) is 2.67. The van der Waals surface area contributed by atoms with Crippen LogP contribution in [0.5, 0.6) is 0 Å². The minimum atomic E-state index is -0.612. The third kappa shape index (κ3) is 4.24. The number of carbonyl (C=O) groups excluding carboxylic acids is 1. The normalized spacial score (nSPS) is 18.7. The molecule has 2 rings (SSSR count). The second-order valence-electron chi connectivity index (χ2n) is 5.79. The Hall–Kier alpha value is -1.53. The maximum absolute atomic E-state index is 13.7. The van der Waals surface area contributed by atoms with Gasteiger partial charge < -0.3 is 15.8 Å². The van der Waals surface area contributed by atoms with Gasteiger partial charge in [0.25, 0.3) is 0 Å². The lowest BCUT2D eigenvalue weighted by molar-refractivity contribution is -0.124. The molecule has 0 radical (unpaired) electrons. The van der Waals surface area contributed by atoms with Crippen LogP contribution in [0.15, 0.2) is 18.2 Å². The van der Waals surface area contributed by atoms with Crippen molar-refractivity contribution in [2.75, 3.05) is 19.8 Å². The summed E-state index contributed by atoms with van der Waals surface area (Å²) >= 11 is 0. The fraction of sp³-hybridized carbons (Fsp3) is 0.562. The van der Waals surface area contributed by atoms with Crippen LogP contribution in [0.2, 0.25) is 0 Å². The Balaban J connectivity index is 1.87. The molecule has 2 atom stereocenters. The van der Waals surface area contributed by atoms with Gasteiger partial charge in [0.1, 0.15) is 11.6 Å². The van der Waals surface area contributed by atoms with Crippen LogP contribution in [0.3, 0.4) is 0 Å². The summed E-state index contributed by atoms with van der Waals surface area (Å²) in [5.74, 6) is -1.59. The fourth-order valence-electron chi connectivity index (χ4n) is 2.67. The van der Waals surface area contributed by atoms with Crippen molar-refractivity contribution in [3.05, 3.63) is 35.4 Å². The van der Waals surface area contributed by atoms with Gasteiger partial charge in [-0.05, 0) is 30.4 Å². The van der Waals surface area contributed by atoms with E-state index in [-0.39, 0.29) is 24.3 Å². The van der Waals surface area contributed by atoms with Crippen molar-refractivity contribution >= 4 is 5.91 Å². The third-order valence-electron chi connectivity index (χ3n) is 4.15. The van der Waals surface area contributed by atoms with Gasteiger partial charge >= 0.3 is 0 Å². The Kier molecular flexibility index (Phi) is 5.85. The highest BCUT2D eigenvalue weighted by Gasteiger charge is 2.26. The summed E-state index contributed by atoms with van der Waals surface area (Å²) in [6, 6.07) is 2.89. The predicted octanol–water partition coefficient (Wildman–Crippen LogP) is 1.94. The van der Waals surface area contributed by atoms with Crippen LogP contribution in [-0.4, -0.2) is 31.7 Å². The maximum atomic E-state index is 13.7. The molecule has 0 aromatic heterocycles. The summed E-state index contributed by atoms with van der Waals surface area (Å²) in [4.78, 5) is 12.1. The first-order chi connectivity index (χ1) is 10.5. The molecule has 4 nitrogen and oxygen atoms in total. The number of ether oxygens (including phenoxy) is 1. The van der Waals surface area contributed by atoms with Gasteiger partial charge in [0, 0.05) is 31.7 Å². The summed E-state index contributed by atoms with van der Waals surface area (Å²) < 4.78 is 31.8. The van der Waals surface area contributed by atoms with E-state index in [2.05, 4.69) is 5.32 Å². The molecule has 122 valence electrons. The lowest BCUT2D eigenvalue weighted by Crippen LogP contribution is -2.47. The molecule has 22 heavy (non-hydrogen) atoms. The van der Waals surface area contributed by atoms with Crippen LogP contribution in [0, 0.1) is 17.6 Å². The summed E-state index contributed by atoms with van der Waals surface area (Å²) in [5, 5.41) is 2.75. The highest BCUT2D eigenvalue weighted by atomic mass is 19.1. The molecular formula is C16H22F2N2O2. The first-order valence-corrected chi connectivity index (χ1v) is 7.55. The van der Waals surface area contributed by atoms with Gasteiger partial charge in [-0.15, -0.1) is 0 Å². The molecule has 1 saturated heterocycles. The topological polar surface area (TPSA) is 64.4 Å². The Morgan fingerprint density at radius 3 is 2.73 bits per heavy atom. The minimum absolute atomic E-state index is 0.117. The second-order valence-corrected chi connectivity index (χ2v) is 5.79. The molecule has 1 aromatic rings. The molecule has 0 spiro atoms. The number of hydrogen-bond donors (Lipinski definition) is 2. The zero-order chi connectivity index (χ0) is 16.1. The molecule has 0 saturated carbocycles. The highest BCUT2D eigenvalue weighted by Crippen LogP contribution is 2.20. The Morgan fingerprint density at radius 1 is 1.41 bits per heavy atom. The van der Waals surface area contributed by atoms with E-state index in [1.54, 1.807) is 6.92 Å².